The lowest BCUT2D eigenvalue weighted by Crippen LogP contribution is -2.33. The minimum absolute atomic E-state index is 0.224. The van der Waals surface area contributed by atoms with Gasteiger partial charge in [0.2, 0.25) is 0 Å². The first-order chi connectivity index (χ1) is 7.99. The molecular weight excluding hydrogens is 224 g/mol. The van der Waals surface area contributed by atoms with Gasteiger partial charge in [0, 0.05) is 30.8 Å². The van der Waals surface area contributed by atoms with Gasteiger partial charge < -0.3 is 10.1 Å². The van der Waals surface area contributed by atoms with Gasteiger partial charge in [0.1, 0.15) is 24.0 Å². The van der Waals surface area contributed by atoms with E-state index in [1.165, 1.54) is 12.1 Å². The van der Waals surface area contributed by atoms with Crippen molar-refractivity contribution in [2.45, 2.75) is 26.8 Å². The van der Waals surface area contributed by atoms with Crippen molar-refractivity contribution in [1.82, 2.24) is 5.32 Å². The molecule has 0 aliphatic carbocycles. The van der Waals surface area contributed by atoms with Crippen LogP contribution in [0.15, 0.2) is 18.2 Å². The van der Waals surface area contributed by atoms with Crippen LogP contribution in [0.3, 0.4) is 0 Å². The molecule has 2 nitrogen and oxygen atoms in total. The molecule has 1 aromatic rings. The van der Waals surface area contributed by atoms with Gasteiger partial charge in [-0.25, -0.2) is 8.78 Å². The van der Waals surface area contributed by atoms with E-state index in [0.717, 1.165) is 6.07 Å². The van der Waals surface area contributed by atoms with Gasteiger partial charge in [-0.3, -0.25) is 0 Å². The summed E-state index contributed by atoms with van der Waals surface area (Å²) in [4.78, 5) is 0. The van der Waals surface area contributed by atoms with Gasteiger partial charge in [-0.1, -0.05) is 13.8 Å². The predicted molar refractivity (Wildman–Crippen MR) is 64.2 cm³/mol. The maximum Gasteiger partial charge on any atom is 0.129 e. The molecule has 0 heterocycles. The molecule has 1 N–H and O–H groups in total. The molecule has 1 atom stereocenters. The molecule has 0 radical (unpaired) electrons. The van der Waals surface area contributed by atoms with E-state index in [-0.39, 0.29) is 5.75 Å². The molecule has 0 fully saturated rings. The van der Waals surface area contributed by atoms with E-state index in [2.05, 4.69) is 26.1 Å². The Morgan fingerprint density at radius 2 is 1.71 bits per heavy atom. The van der Waals surface area contributed by atoms with E-state index in [4.69, 9.17) is 4.74 Å². The van der Waals surface area contributed by atoms with Gasteiger partial charge in [0.15, 0.2) is 0 Å². The largest absolute Gasteiger partial charge is 0.492 e. The normalized spacial score (nSPS) is 12.8. The van der Waals surface area contributed by atoms with Crippen molar-refractivity contribution in [2.24, 2.45) is 5.92 Å². The Morgan fingerprint density at radius 1 is 1.12 bits per heavy atom. The minimum Gasteiger partial charge on any atom is -0.492 e. The van der Waals surface area contributed by atoms with Crippen LogP contribution in [0.1, 0.15) is 20.8 Å². The van der Waals surface area contributed by atoms with E-state index >= 15 is 0 Å². The van der Waals surface area contributed by atoms with E-state index in [9.17, 15) is 8.78 Å². The average molecular weight is 243 g/mol. The predicted octanol–water partition coefficient (Wildman–Crippen LogP) is 2.98. The lowest BCUT2D eigenvalue weighted by atomic mass is 10.1. The van der Waals surface area contributed by atoms with E-state index < -0.39 is 11.6 Å². The van der Waals surface area contributed by atoms with Crippen molar-refractivity contribution in [3.8, 4) is 5.75 Å². The molecule has 96 valence electrons. The zero-order chi connectivity index (χ0) is 12.8. The summed E-state index contributed by atoms with van der Waals surface area (Å²) in [6.45, 7) is 7.38. The van der Waals surface area contributed by atoms with Crippen LogP contribution in [0.4, 0.5) is 8.78 Å². The molecule has 0 aliphatic heterocycles. The van der Waals surface area contributed by atoms with E-state index in [1.807, 2.05) is 0 Å². The third kappa shape index (κ3) is 5.13. The van der Waals surface area contributed by atoms with Crippen molar-refractivity contribution in [3.63, 3.8) is 0 Å². The summed E-state index contributed by atoms with van der Waals surface area (Å²) >= 11 is 0. The Labute approximate surface area is 101 Å². The molecule has 0 saturated heterocycles. The van der Waals surface area contributed by atoms with Crippen LogP contribution >= 0.6 is 0 Å². The Hall–Kier alpha value is -1.16. The van der Waals surface area contributed by atoms with Crippen LogP contribution in [0.25, 0.3) is 0 Å². The highest BCUT2D eigenvalue weighted by atomic mass is 19.1. The van der Waals surface area contributed by atoms with Gasteiger partial charge in [-0.2, -0.15) is 0 Å². The molecular formula is C13H19F2NO. The molecule has 0 spiro atoms. The molecule has 0 bridgehead atoms. The molecule has 0 amide bonds. The molecule has 4 heteroatoms. The lowest BCUT2D eigenvalue weighted by Gasteiger charge is -2.17. The molecule has 1 rings (SSSR count). The first-order valence-electron chi connectivity index (χ1n) is 5.81. The Kier molecular flexibility index (Phi) is 5.35. The fourth-order valence-corrected chi connectivity index (χ4v) is 1.30. The Balaban J connectivity index is 2.31. The maximum absolute atomic E-state index is 12.8. The second-order valence-electron chi connectivity index (χ2n) is 4.44. The number of ether oxygens (including phenoxy) is 1. The fourth-order valence-electron chi connectivity index (χ4n) is 1.30. The summed E-state index contributed by atoms with van der Waals surface area (Å²) in [6.07, 6.45) is 0. The molecule has 1 aromatic carbocycles. The summed E-state index contributed by atoms with van der Waals surface area (Å²) in [5.41, 5.74) is 0. The molecule has 1 unspecified atom stereocenters. The number of nitrogens with one attached hydrogen (secondary N) is 1. The van der Waals surface area contributed by atoms with Crippen LogP contribution in [-0.2, 0) is 0 Å². The summed E-state index contributed by atoms with van der Waals surface area (Å²) in [5.74, 6) is -0.477. The quantitative estimate of drug-likeness (QED) is 0.775. The van der Waals surface area contributed by atoms with Crippen LogP contribution in [0, 0.1) is 17.6 Å². The lowest BCUT2D eigenvalue weighted by molar-refractivity contribution is 0.294. The highest BCUT2D eigenvalue weighted by molar-refractivity contribution is 5.23. The van der Waals surface area contributed by atoms with Crippen LogP contribution < -0.4 is 10.1 Å². The summed E-state index contributed by atoms with van der Waals surface area (Å²) in [5, 5.41) is 3.27. The van der Waals surface area contributed by atoms with E-state index in [0.29, 0.717) is 25.1 Å². The van der Waals surface area contributed by atoms with Crippen molar-refractivity contribution in [2.75, 3.05) is 13.2 Å². The highest BCUT2D eigenvalue weighted by Gasteiger charge is 2.05. The second-order valence-corrected chi connectivity index (χ2v) is 4.44. The first kappa shape index (κ1) is 13.9. The van der Waals surface area contributed by atoms with Crippen molar-refractivity contribution >= 4 is 0 Å². The van der Waals surface area contributed by atoms with Crippen LogP contribution in [0.5, 0.6) is 5.75 Å². The summed E-state index contributed by atoms with van der Waals surface area (Å²) in [7, 11) is 0. The third-order valence-electron chi connectivity index (χ3n) is 2.67. The summed E-state index contributed by atoms with van der Waals surface area (Å²) in [6, 6.07) is 3.57. The van der Waals surface area contributed by atoms with Gasteiger partial charge >= 0.3 is 0 Å². The van der Waals surface area contributed by atoms with Gasteiger partial charge in [0.25, 0.3) is 0 Å². The highest BCUT2D eigenvalue weighted by Crippen LogP contribution is 2.14. The Morgan fingerprint density at radius 3 is 2.24 bits per heavy atom. The number of benzene rings is 1. The average Bonchev–Trinajstić information content (AvgIpc) is 2.22. The number of hydrogen-bond acceptors (Lipinski definition) is 2. The van der Waals surface area contributed by atoms with Crippen molar-refractivity contribution in [3.05, 3.63) is 29.8 Å². The topological polar surface area (TPSA) is 21.3 Å². The van der Waals surface area contributed by atoms with Crippen molar-refractivity contribution < 1.29 is 13.5 Å². The van der Waals surface area contributed by atoms with Crippen molar-refractivity contribution in [1.29, 1.82) is 0 Å². The minimum atomic E-state index is -0.622. The molecule has 17 heavy (non-hydrogen) atoms. The van der Waals surface area contributed by atoms with Gasteiger partial charge in [0.05, 0.1) is 0 Å². The fraction of sp³-hybridized carbons (Fsp3) is 0.538. The standard InChI is InChI=1S/C13H19F2NO/c1-9(2)10(3)16-4-5-17-13-7-11(14)6-12(15)8-13/h6-10,16H,4-5H2,1-3H3. The van der Waals surface area contributed by atoms with Crippen LogP contribution in [0.2, 0.25) is 0 Å². The van der Waals surface area contributed by atoms with Crippen LogP contribution in [-0.4, -0.2) is 19.2 Å². The molecule has 0 aromatic heterocycles. The molecule has 0 aliphatic rings. The first-order valence-corrected chi connectivity index (χ1v) is 5.81. The zero-order valence-electron chi connectivity index (χ0n) is 10.5. The smallest absolute Gasteiger partial charge is 0.129 e. The number of halogens is 2. The van der Waals surface area contributed by atoms with E-state index in [1.54, 1.807) is 0 Å². The third-order valence-corrected chi connectivity index (χ3v) is 2.67. The summed E-state index contributed by atoms with van der Waals surface area (Å²) < 4.78 is 30.9. The maximum atomic E-state index is 12.8. The Bertz CT molecular complexity index is 335. The second kappa shape index (κ2) is 6.55. The monoisotopic (exact) mass is 243 g/mol. The van der Waals surface area contributed by atoms with Gasteiger partial charge in [-0.15, -0.1) is 0 Å². The SMILES string of the molecule is CC(C)C(C)NCCOc1cc(F)cc(F)c1. The number of rotatable bonds is 6. The molecule has 0 saturated carbocycles. The number of hydrogen-bond donors (Lipinski definition) is 1. The zero-order valence-corrected chi connectivity index (χ0v) is 10.5. The van der Waals surface area contributed by atoms with Gasteiger partial charge in [-0.05, 0) is 12.8 Å².